The van der Waals surface area contributed by atoms with Crippen molar-refractivity contribution in [1.82, 2.24) is 0 Å². The van der Waals surface area contributed by atoms with Gasteiger partial charge in [0.2, 0.25) is 0 Å². The molecule has 2 aromatic rings. The van der Waals surface area contributed by atoms with Crippen LogP contribution in [0.2, 0.25) is 0 Å². The molecule has 0 spiro atoms. The van der Waals surface area contributed by atoms with E-state index in [1.165, 1.54) is 5.56 Å². The molecular weight excluding hydrogens is 288 g/mol. The Balaban J connectivity index is 0.000000167. The third-order valence-corrected chi connectivity index (χ3v) is 4.13. The summed E-state index contributed by atoms with van der Waals surface area (Å²) in [5, 5.41) is 8.55. The number of carbonyl (C=O) groups excluding carboxylic acids is 1. The number of hydrogen-bond acceptors (Lipinski definition) is 2. The summed E-state index contributed by atoms with van der Waals surface area (Å²) in [4.78, 5) is 21.7. The fourth-order valence-corrected chi connectivity index (χ4v) is 2.84. The molecule has 1 aliphatic carbocycles. The summed E-state index contributed by atoms with van der Waals surface area (Å²) in [6.07, 6.45) is 0.892. The van der Waals surface area contributed by atoms with Crippen molar-refractivity contribution in [3.63, 3.8) is 0 Å². The van der Waals surface area contributed by atoms with E-state index in [0.29, 0.717) is 18.1 Å². The normalized spacial score (nSPS) is 17.0. The summed E-state index contributed by atoms with van der Waals surface area (Å²) in [5.74, 6) is 0.0850. The van der Waals surface area contributed by atoms with E-state index in [9.17, 15) is 9.59 Å². The first kappa shape index (κ1) is 16.9. The molecule has 0 aromatic heterocycles. The summed E-state index contributed by atoms with van der Waals surface area (Å²) in [6.45, 7) is 4.02. The van der Waals surface area contributed by atoms with Crippen molar-refractivity contribution in [2.45, 2.75) is 38.5 Å². The molecular formula is C20H22O3. The second kappa shape index (κ2) is 7.73. The monoisotopic (exact) mass is 310 g/mol. The number of carboxylic acids is 1. The highest BCUT2D eigenvalue weighted by Gasteiger charge is 2.24. The van der Waals surface area contributed by atoms with Crippen molar-refractivity contribution >= 4 is 11.8 Å². The summed E-state index contributed by atoms with van der Waals surface area (Å²) in [6, 6.07) is 17.6. The van der Waals surface area contributed by atoms with Crippen LogP contribution in [0.3, 0.4) is 0 Å². The number of Topliss-reactive ketones (excluding diaryl/α,β-unsaturated/α-hetero) is 1. The molecule has 0 bridgehead atoms. The molecule has 0 radical (unpaired) electrons. The molecule has 1 N–H and O–H groups in total. The van der Waals surface area contributed by atoms with Gasteiger partial charge in [-0.05, 0) is 23.0 Å². The molecule has 2 atom stereocenters. The maximum Gasteiger partial charge on any atom is 0.303 e. The molecule has 2 unspecified atom stereocenters. The molecule has 23 heavy (non-hydrogen) atoms. The zero-order valence-electron chi connectivity index (χ0n) is 13.5. The molecule has 3 heteroatoms. The smallest absolute Gasteiger partial charge is 0.303 e. The van der Waals surface area contributed by atoms with E-state index in [4.69, 9.17) is 5.11 Å². The Bertz CT molecular complexity index is 676. The van der Waals surface area contributed by atoms with Gasteiger partial charge in [0.1, 0.15) is 0 Å². The predicted molar refractivity (Wildman–Crippen MR) is 90.9 cm³/mol. The largest absolute Gasteiger partial charge is 0.481 e. The lowest BCUT2D eigenvalue weighted by Gasteiger charge is -2.07. The molecule has 1 aliphatic rings. The molecule has 3 nitrogen and oxygen atoms in total. The third-order valence-electron chi connectivity index (χ3n) is 4.13. The van der Waals surface area contributed by atoms with Gasteiger partial charge < -0.3 is 5.11 Å². The molecule has 120 valence electrons. The van der Waals surface area contributed by atoms with Crippen LogP contribution in [0.15, 0.2) is 54.6 Å². The highest BCUT2D eigenvalue weighted by molar-refractivity contribution is 6.01. The Morgan fingerprint density at radius 3 is 2.35 bits per heavy atom. The molecule has 0 heterocycles. The molecule has 2 aromatic carbocycles. The van der Waals surface area contributed by atoms with Crippen molar-refractivity contribution in [2.24, 2.45) is 0 Å². The van der Waals surface area contributed by atoms with Crippen LogP contribution in [0, 0.1) is 0 Å². The Morgan fingerprint density at radius 2 is 1.74 bits per heavy atom. The lowest BCUT2D eigenvalue weighted by Crippen LogP contribution is -2.02. The Kier molecular flexibility index (Phi) is 5.69. The van der Waals surface area contributed by atoms with Gasteiger partial charge in [-0.15, -0.1) is 0 Å². The van der Waals surface area contributed by atoms with Gasteiger partial charge in [0.15, 0.2) is 5.78 Å². The first-order chi connectivity index (χ1) is 11.0. The van der Waals surface area contributed by atoms with Crippen molar-refractivity contribution in [3.05, 3.63) is 71.3 Å². The molecule has 0 amide bonds. The van der Waals surface area contributed by atoms with Crippen LogP contribution in [0.5, 0.6) is 0 Å². The zero-order chi connectivity index (χ0) is 16.8. The zero-order valence-corrected chi connectivity index (χ0v) is 13.5. The van der Waals surface area contributed by atoms with Crippen LogP contribution < -0.4 is 0 Å². The van der Waals surface area contributed by atoms with Gasteiger partial charge in [-0.1, -0.05) is 68.4 Å². The highest BCUT2D eigenvalue weighted by Crippen LogP contribution is 2.31. The van der Waals surface area contributed by atoms with E-state index in [0.717, 1.165) is 11.1 Å². The predicted octanol–water partition coefficient (Wildman–Crippen LogP) is 4.64. The summed E-state index contributed by atoms with van der Waals surface area (Å²) in [7, 11) is 0. The summed E-state index contributed by atoms with van der Waals surface area (Å²) in [5.41, 5.74) is 3.23. The number of rotatable bonds is 3. The van der Waals surface area contributed by atoms with E-state index >= 15 is 0 Å². The van der Waals surface area contributed by atoms with Gasteiger partial charge in [-0.2, -0.15) is 0 Å². The minimum Gasteiger partial charge on any atom is -0.481 e. The SMILES string of the molecule is CC(CC(=O)O)c1ccccc1.CC1CC(=O)c2ccccc21. The highest BCUT2D eigenvalue weighted by atomic mass is 16.4. The van der Waals surface area contributed by atoms with Gasteiger partial charge in [0.25, 0.3) is 0 Å². The summed E-state index contributed by atoms with van der Waals surface area (Å²) < 4.78 is 0. The summed E-state index contributed by atoms with van der Waals surface area (Å²) >= 11 is 0. The molecule has 0 fully saturated rings. The number of carboxylic acid groups (broad SMARTS) is 1. The van der Waals surface area contributed by atoms with Gasteiger partial charge in [0, 0.05) is 12.0 Å². The average molecular weight is 310 g/mol. The van der Waals surface area contributed by atoms with Crippen LogP contribution in [-0.2, 0) is 4.79 Å². The van der Waals surface area contributed by atoms with Crippen LogP contribution in [0.4, 0.5) is 0 Å². The van der Waals surface area contributed by atoms with Gasteiger partial charge >= 0.3 is 5.97 Å². The van der Waals surface area contributed by atoms with Crippen molar-refractivity contribution in [2.75, 3.05) is 0 Å². The third kappa shape index (κ3) is 4.52. The number of fused-ring (bicyclic) bond motifs is 1. The van der Waals surface area contributed by atoms with Gasteiger partial charge in [-0.3, -0.25) is 9.59 Å². The van der Waals surface area contributed by atoms with Crippen molar-refractivity contribution < 1.29 is 14.7 Å². The van der Waals surface area contributed by atoms with E-state index in [1.807, 2.05) is 61.5 Å². The van der Waals surface area contributed by atoms with Crippen LogP contribution >= 0.6 is 0 Å². The standard InChI is InChI=1S/C10H12O2.C10H10O/c1-8(7-10(11)12)9-5-3-2-4-6-9;1-7-6-10(11)9-5-3-2-4-8(7)9/h2-6,8H,7H2,1H3,(H,11,12);2-5,7H,6H2,1H3. The maximum absolute atomic E-state index is 11.3. The van der Waals surface area contributed by atoms with Crippen LogP contribution in [0.25, 0.3) is 0 Å². The minimum absolute atomic E-state index is 0.101. The van der Waals surface area contributed by atoms with Gasteiger partial charge in [-0.25, -0.2) is 0 Å². The first-order valence-corrected chi connectivity index (χ1v) is 7.88. The lowest BCUT2D eigenvalue weighted by atomic mass is 9.98. The molecule has 0 saturated carbocycles. The number of aliphatic carboxylic acids is 1. The van der Waals surface area contributed by atoms with Crippen LogP contribution in [0.1, 0.15) is 60.0 Å². The quantitative estimate of drug-likeness (QED) is 0.898. The second-order valence-electron chi connectivity index (χ2n) is 6.03. The van der Waals surface area contributed by atoms with Crippen molar-refractivity contribution in [1.29, 1.82) is 0 Å². The van der Waals surface area contributed by atoms with E-state index < -0.39 is 5.97 Å². The fraction of sp³-hybridized carbons (Fsp3) is 0.300. The number of carbonyl (C=O) groups is 2. The number of hydrogen-bond donors (Lipinski definition) is 1. The molecule has 0 saturated heterocycles. The first-order valence-electron chi connectivity index (χ1n) is 7.88. The lowest BCUT2D eigenvalue weighted by molar-refractivity contribution is -0.137. The Hall–Kier alpha value is -2.42. The van der Waals surface area contributed by atoms with Gasteiger partial charge in [0.05, 0.1) is 6.42 Å². The Labute approximate surface area is 137 Å². The molecule has 0 aliphatic heterocycles. The topological polar surface area (TPSA) is 54.4 Å². The van der Waals surface area contributed by atoms with E-state index in [-0.39, 0.29) is 12.3 Å². The molecule has 3 rings (SSSR count). The average Bonchev–Trinajstić information content (AvgIpc) is 2.83. The number of ketones is 1. The Morgan fingerprint density at radius 1 is 1.13 bits per heavy atom. The number of benzene rings is 2. The van der Waals surface area contributed by atoms with E-state index in [1.54, 1.807) is 0 Å². The minimum atomic E-state index is -0.744. The maximum atomic E-state index is 11.3. The fourth-order valence-electron chi connectivity index (χ4n) is 2.84. The van der Waals surface area contributed by atoms with Crippen molar-refractivity contribution in [3.8, 4) is 0 Å². The second-order valence-corrected chi connectivity index (χ2v) is 6.03. The van der Waals surface area contributed by atoms with Crippen LogP contribution in [-0.4, -0.2) is 16.9 Å². The van der Waals surface area contributed by atoms with E-state index in [2.05, 4.69) is 6.92 Å².